The zero-order valence-corrected chi connectivity index (χ0v) is 15.5. The topological polar surface area (TPSA) is 78.3 Å². The Morgan fingerprint density at radius 2 is 1.79 bits per heavy atom. The van der Waals surface area contributed by atoms with Gasteiger partial charge in [0.25, 0.3) is 0 Å². The monoisotopic (exact) mass is 374 g/mol. The van der Waals surface area contributed by atoms with Crippen LogP contribution in [0.1, 0.15) is 15.9 Å². The number of hydrogen-bond acceptors (Lipinski definition) is 5. The van der Waals surface area contributed by atoms with Gasteiger partial charge in [-0.3, -0.25) is 0 Å². The number of piperidine rings is 1. The minimum absolute atomic E-state index is 0.129. The number of carboxylic acids is 1. The van der Waals surface area contributed by atoms with Gasteiger partial charge in [0, 0.05) is 32.0 Å². The molecule has 0 bridgehead atoms. The normalized spacial score (nSPS) is 23.0. The molecule has 2 heterocycles. The lowest BCUT2D eigenvalue weighted by atomic mass is 10.1. The van der Waals surface area contributed by atoms with E-state index < -0.39 is 5.97 Å². The van der Waals surface area contributed by atoms with Gasteiger partial charge in [0.1, 0.15) is 0 Å². The fourth-order valence-corrected chi connectivity index (χ4v) is 4.44. The molecule has 28 heavy (non-hydrogen) atoms. The quantitative estimate of drug-likeness (QED) is 0.691. The van der Waals surface area contributed by atoms with Crippen LogP contribution in [-0.4, -0.2) is 40.7 Å². The maximum Gasteiger partial charge on any atom is 0.338 e. The van der Waals surface area contributed by atoms with Crippen molar-refractivity contribution in [2.45, 2.75) is 6.54 Å². The molecule has 2 fully saturated rings. The number of carboxylic acid groups (broad SMARTS) is 1. The van der Waals surface area contributed by atoms with E-state index in [1.807, 2.05) is 0 Å². The number of aromatic carboxylic acids is 1. The minimum atomic E-state index is -0.992. The van der Waals surface area contributed by atoms with Crippen LogP contribution >= 0.6 is 0 Å². The lowest BCUT2D eigenvalue weighted by molar-refractivity contribution is 0.0696. The fourth-order valence-electron chi connectivity index (χ4n) is 4.44. The summed E-state index contributed by atoms with van der Waals surface area (Å²) in [6.45, 7) is 3.85. The van der Waals surface area contributed by atoms with E-state index in [2.05, 4.69) is 62.6 Å². The van der Waals surface area contributed by atoms with Gasteiger partial charge >= 0.3 is 5.97 Å². The highest BCUT2D eigenvalue weighted by molar-refractivity contribution is 5.86. The maximum atomic E-state index is 10.9. The van der Waals surface area contributed by atoms with Crippen LogP contribution in [0.5, 0.6) is 0 Å². The van der Waals surface area contributed by atoms with Gasteiger partial charge in [-0.05, 0) is 46.7 Å². The Balaban J connectivity index is 1.11. The number of fused-ring (bicyclic) bond motifs is 2. The van der Waals surface area contributed by atoms with E-state index in [-0.39, 0.29) is 5.56 Å². The Morgan fingerprint density at radius 3 is 2.50 bits per heavy atom. The van der Waals surface area contributed by atoms with Crippen molar-refractivity contribution in [2.75, 3.05) is 24.5 Å². The van der Waals surface area contributed by atoms with Gasteiger partial charge in [-0.1, -0.05) is 36.4 Å². The van der Waals surface area contributed by atoms with E-state index >= 15 is 0 Å². The smallest absolute Gasteiger partial charge is 0.338 e. The SMILES string of the molecule is O=C(O)c1cnc(N2CC3C(CNCc4ccc5ccccc5c4)C3C2)nc1. The molecule has 0 spiro atoms. The van der Waals surface area contributed by atoms with Crippen LogP contribution in [0.2, 0.25) is 0 Å². The molecule has 1 saturated carbocycles. The zero-order valence-electron chi connectivity index (χ0n) is 15.5. The molecule has 3 aromatic rings. The Kier molecular flexibility index (Phi) is 4.20. The molecular weight excluding hydrogens is 352 g/mol. The van der Waals surface area contributed by atoms with Crippen LogP contribution in [0.15, 0.2) is 54.9 Å². The van der Waals surface area contributed by atoms with Crippen LogP contribution in [-0.2, 0) is 6.54 Å². The fraction of sp³-hybridized carbons (Fsp3) is 0.318. The lowest BCUT2D eigenvalue weighted by Crippen LogP contribution is -2.28. The van der Waals surface area contributed by atoms with Gasteiger partial charge in [-0.2, -0.15) is 0 Å². The van der Waals surface area contributed by atoms with E-state index in [4.69, 9.17) is 5.11 Å². The molecule has 5 rings (SSSR count). The summed E-state index contributed by atoms with van der Waals surface area (Å²) in [5.74, 6) is 1.74. The van der Waals surface area contributed by atoms with Crippen molar-refractivity contribution in [2.24, 2.45) is 17.8 Å². The number of rotatable bonds is 6. The third kappa shape index (κ3) is 3.20. The Hall–Kier alpha value is -2.99. The lowest BCUT2D eigenvalue weighted by Gasteiger charge is -2.19. The van der Waals surface area contributed by atoms with Crippen molar-refractivity contribution in [3.63, 3.8) is 0 Å². The van der Waals surface area contributed by atoms with Gasteiger partial charge in [0.15, 0.2) is 0 Å². The number of benzene rings is 2. The highest BCUT2D eigenvalue weighted by atomic mass is 16.4. The number of anilines is 1. The summed E-state index contributed by atoms with van der Waals surface area (Å²) in [5, 5.41) is 15.1. The molecule has 6 nitrogen and oxygen atoms in total. The van der Waals surface area contributed by atoms with Crippen molar-refractivity contribution >= 4 is 22.7 Å². The first-order valence-corrected chi connectivity index (χ1v) is 9.68. The minimum Gasteiger partial charge on any atom is -0.478 e. The molecular formula is C22H22N4O2. The zero-order chi connectivity index (χ0) is 19.1. The largest absolute Gasteiger partial charge is 0.478 e. The molecule has 142 valence electrons. The number of nitrogens with zero attached hydrogens (tertiary/aromatic N) is 3. The van der Waals surface area contributed by atoms with E-state index in [0.717, 1.165) is 32.1 Å². The summed E-state index contributed by atoms with van der Waals surface area (Å²) in [5.41, 5.74) is 1.45. The standard InChI is InChI=1S/C22H22N4O2/c27-21(28)17-9-24-22(25-10-17)26-12-19-18(20(19)13-26)11-23-8-14-5-6-15-3-1-2-4-16(15)7-14/h1-7,9-10,18-20,23H,8,11-13H2,(H,27,28). The first kappa shape index (κ1) is 17.1. The van der Waals surface area contributed by atoms with Crippen LogP contribution in [0, 0.1) is 17.8 Å². The van der Waals surface area contributed by atoms with Gasteiger partial charge < -0.3 is 15.3 Å². The maximum absolute atomic E-state index is 10.9. The van der Waals surface area contributed by atoms with E-state index in [0.29, 0.717) is 17.8 Å². The molecule has 6 heteroatoms. The molecule has 1 aromatic heterocycles. The van der Waals surface area contributed by atoms with Crippen LogP contribution in [0.25, 0.3) is 10.8 Å². The van der Waals surface area contributed by atoms with Crippen molar-refractivity contribution < 1.29 is 9.90 Å². The average molecular weight is 374 g/mol. The van der Waals surface area contributed by atoms with E-state index in [1.54, 1.807) is 0 Å². The van der Waals surface area contributed by atoms with Gasteiger partial charge in [-0.25, -0.2) is 14.8 Å². The molecule has 2 aromatic carbocycles. The molecule has 0 amide bonds. The summed E-state index contributed by atoms with van der Waals surface area (Å²) in [7, 11) is 0. The summed E-state index contributed by atoms with van der Waals surface area (Å²) in [6.07, 6.45) is 2.77. The Morgan fingerprint density at radius 1 is 1.07 bits per heavy atom. The number of hydrogen-bond donors (Lipinski definition) is 2. The highest BCUT2D eigenvalue weighted by Gasteiger charge is 2.55. The number of carbonyl (C=O) groups is 1. The molecule has 2 aliphatic rings. The molecule has 2 atom stereocenters. The molecule has 2 N–H and O–H groups in total. The molecule has 1 saturated heterocycles. The molecule has 2 unspecified atom stereocenters. The van der Waals surface area contributed by atoms with Gasteiger partial charge in [-0.15, -0.1) is 0 Å². The third-order valence-corrected chi connectivity index (χ3v) is 6.06. The molecule has 0 radical (unpaired) electrons. The second kappa shape index (κ2) is 6.87. The summed E-state index contributed by atoms with van der Waals surface area (Å²) >= 11 is 0. The summed E-state index contributed by atoms with van der Waals surface area (Å²) in [6, 6.07) is 15.1. The molecule has 1 aliphatic carbocycles. The third-order valence-electron chi connectivity index (χ3n) is 6.06. The predicted molar refractivity (Wildman–Crippen MR) is 107 cm³/mol. The second-order valence-corrected chi connectivity index (χ2v) is 7.79. The number of aromatic nitrogens is 2. The van der Waals surface area contributed by atoms with Crippen LogP contribution in [0.4, 0.5) is 5.95 Å². The number of nitrogens with one attached hydrogen (secondary N) is 1. The van der Waals surface area contributed by atoms with Crippen molar-refractivity contribution in [3.05, 3.63) is 66.0 Å². The summed E-state index contributed by atoms with van der Waals surface area (Å²) < 4.78 is 0. The first-order chi connectivity index (χ1) is 13.7. The first-order valence-electron chi connectivity index (χ1n) is 9.68. The highest BCUT2D eigenvalue weighted by Crippen LogP contribution is 2.51. The Labute approximate surface area is 163 Å². The van der Waals surface area contributed by atoms with E-state index in [1.165, 1.54) is 28.7 Å². The van der Waals surface area contributed by atoms with Crippen molar-refractivity contribution in [3.8, 4) is 0 Å². The predicted octanol–water partition coefficient (Wildman–Crippen LogP) is 2.80. The molecule has 1 aliphatic heterocycles. The average Bonchev–Trinajstić information content (AvgIpc) is 3.17. The van der Waals surface area contributed by atoms with Crippen LogP contribution in [0.3, 0.4) is 0 Å². The summed E-state index contributed by atoms with van der Waals surface area (Å²) in [4.78, 5) is 21.5. The van der Waals surface area contributed by atoms with Crippen molar-refractivity contribution in [1.29, 1.82) is 0 Å². The van der Waals surface area contributed by atoms with E-state index in [9.17, 15) is 4.79 Å². The van der Waals surface area contributed by atoms with Gasteiger partial charge in [0.2, 0.25) is 5.95 Å². The Bertz CT molecular complexity index is 1010. The second-order valence-electron chi connectivity index (χ2n) is 7.79. The van der Waals surface area contributed by atoms with Crippen molar-refractivity contribution in [1.82, 2.24) is 15.3 Å². The van der Waals surface area contributed by atoms with Gasteiger partial charge in [0.05, 0.1) is 5.56 Å². The van der Waals surface area contributed by atoms with Crippen LogP contribution < -0.4 is 10.2 Å².